The SMILES string of the molecule is CC(O)CNc1nc2ccccc2n1Cc1coc(-c2ccc(Cl)cc2)n1. The molecule has 1 atom stereocenters. The number of benzene rings is 2. The Hall–Kier alpha value is -2.83. The molecule has 0 amide bonds. The highest BCUT2D eigenvalue weighted by Crippen LogP contribution is 2.24. The van der Waals surface area contributed by atoms with Crippen LogP contribution in [0.5, 0.6) is 0 Å². The fraction of sp³-hybridized carbons (Fsp3) is 0.200. The average molecular weight is 383 g/mol. The van der Waals surface area contributed by atoms with Gasteiger partial charge < -0.3 is 19.4 Å². The lowest BCUT2D eigenvalue weighted by atomic mass is 10.2. The van der Waals surface area contributed by atoms with E-state index in [-0.39, 0.29) is 0 Å². The van der Waals surface area contributed by atoms with Gasteiger partial charge in [0.2, 0.25) is 11.8 Å². The van der Waals surface area contributed by atoms with E-state index in [0.29, 0.717) is 30.0 Å². The minimum atomic E-state index is -0.471. The van der Waals surface area contributed by atoms with E-state index in [1.165, 1.54) is 0 Å². The molecule has 27 heavy (non-hydrogen) atoms. The molecule has 0 saturated heterocycles. The fourth-order valence-corrected chi connectivity index (χ4v) is 3.00. The number of aliphatic hydroxyl groups excluding tert-OH is 1. The number of aliphatic hydroxyl groups is 1. The van der Waals surface area contributed by atoms with Crippen LogP contribution in [0.3, 0.4) is 0 Å². The third-order valence-corrected chi connectivity index (χ3v) is 4.43. The van der Waals surface area contributed by atoms with Gasteiger partial charge in [0.1, 0.15) is 6.26 Å². The number of halogens is 1. The van der Waals surface area contributed by atoms with E-state index >= 15 is 0 Å². The molecule has 2 aromatic heterocycles. The van der Waals surface area contributed by atoms with Crippen molar-refractivity contribution in [2.45, 2.75) is 19.6 Å². The normalized spacial score (nSPS) is 12.4. The summed E-state index contributed by atoms with van der Waals surface area (Å²) in [7, 11) is 0. The van der Waals surface area contributed by atoms with E-state index < -0.39 is 6.10 Å². The van der Waals surface area contributed by atoms with Crippen LogP contribution in [0.4, 0.5) is 5.95 Å². The second kappa shape index (κ2) is 7.42. The smallest absolute Gasteiger partial charge is 0.226 e. The molecule has 2 aromatic carbocycles. The summed E-state index contributed by atoms with van der Waals surface area (Å²) >= 11 is 5.94. The van der Waals surface area contributed by atoms with Crippen molar-refractivity contribution >= 4 is 28.6 Å². The van der Waals surface area contributed by atoms with Crippen molar-refractivity contribution in [1.29, 1.82) is 0 Å². The van der Waals surface area contributed by atoms with Gasteiger partial charge in [-0.2, -0.15) is 0 Å². The molecule has 0 spiro atoms. The number of hydrogen-bond acceptors (Lipinski definition) is 5. The largest absolute Gasteiger partial charge is 0.444 e. The lowest BCUT2D eigenvalue weighted by Gasteiger charge is -2.10. The first-order chi connectivity index (χ1) is 13.1. The molecule has 0 radical (unpaired) electrons. The minimum absolute atomic E-state index is 0.415. The maximum Gasteiger partial charge on any atom is 0.226 e. The van der Waals surface area contributed by atoms with E-state index in [1.807, 2.05) is 53.1 Å². The molecule has 0 aliphatic carbocycles. The monoisotopic (exact) mass is 382 g/mol. The molecular formula is C20H19ClN4O2. The number of nitrogens with zero attached hydrogens (tertiary/aromatic N) is 3. The van der Waals surface area contributed by atoms with Gasteiger partial charge >= 0.3 is 0 Å². The van der Waals surface area contributed by atoms with Gasteiger partial charge in [0.25, 0.3) is 0 Å². The van der Waals surface area contributed by atoms with Gasteiger partial charge in [0.15, 0.2) is 0 Å². The third kappa shape index (κ3) is 3.82. The molecule has 6 nitrogen and oxygen atoms in total. The summed E-state index contributed by atoms with van der Waals surface area (Å²) in [6, 6.07) is 15.3. The van der Waals surface area contributed by atoms with Gasteiger partial charge in [0, 0.05) is 17.1 Å². The summed E-state index contributed by atoms with van der Waals surface area (Å²) in [5.74, 6) is 1.23. The maximum atomic E-state index is 9.58. The van der Waals surface area contributed by atoms with Crippen molar-refractivity contribution in [3.8, 4) is 11.5 Å². The van der Waals surface area contributed by atoms with E-state index in [0.717, 1.165) is 22.3 Å². The van der Waals surface area contributed by atoms with Gasteiger partial charge in [-0.25, -0.2) is 9.97 Å². The predicted molar refractivity (Wildman–Crippen MR) is 106 cm³/mol. The lowest BCUT2D eigenvalue weighted by molar-refractivity contribution is 0.208. The number of nitrogens with one attached hydrogen (secondary N) is 1. The molecular weight excluding hydrogens is 364 g/mol. The molecule has 0 saturated carbocycles. The molecule has 138 valence electrons. The van der Waals surface area contributed by atoms with E-state index in [2.05, 4.69) is 15.3 Å². The number of aromatic nitrogens is 3. The van der Waals surface area contributed by atoms with Crippen LogP contribution in [-0.2, 0) is 6.54 Å². The van der Waals surface area contributed by atoms with Gasteiger partial charge in [-0.3, -0.25) is 0 Å². The van der Waals surface area contributed by atoms with Crippen LogP contribution in [-0.4, -0.2) is 32.3 Å². The molecule has 2 N–H and O–H groups in total. The highest BCUT2D eigenvalue weighted by atomic mass is 35.5. The number of rotatable bonds is 6. The van der Waals surface area contributed by atoms with Crippen molar-refractivity contribution in [3.05, 3.63) is 65.5 Å². The zero-order valence-corrected chi connectivity index (χ0v) is 15.5. The first-order valence-corrected chi connectivity index (χ1v) is 9.05. The van der Waals surface area contributed by atoms with Crippen LogP contribution >= 0.6 is 11.6 Å². The van der Waals surface area contributed by atoms with Crippen LogP contribution < -0.4 is 5.32 Å². The first-order valence-electron chi connectivity index (χ1n) is 8.67. The van der Waals surface area contributed by atoms with Crippen LogP contribution in [0.2, 0.25) is 5.02 Å². The van der Waals surface area contributed by atoms with Crippen LogP contribution in [0.1, 0.15) is 12.6 Å². The molecule has 0 aliphatic rings. The standard InChI is InChI=1S/C20H19ClN4O2/c1-13(26)10-22-20-24-17-4-2-3-5-18(17)25(20)11-16-12-27-19(23-16)14-6-8-15(21)9-7-14/h2-9,12-13,26H,10-11H2,1H3,(H,22,24). The quantitative estimate of drug-likeness (QED) is 0.523. The Morgan fingerprint density at radius 1 is 1.15 bits per heavy atom. The van der Waals surface area contributed by atoms with Gasteiger partial charge in [-0.1, -0.05) is 23.7 Å². The van der Waals surface area contributed by atoms with Gasteiger partial charge in [0.05, 0.1) is 29.4 Å². The van der Waals surface area contributed by atoms with E-state index in [4.69, 9.17) is 16.0 Å². The van der Waals surface area contributed by atoms with Crippen molar-refractivity contribution in [3.63, 3.8) is 0 Å². The number of fused-ring (bicyclic) bond motifs is 1. The second-order valence-corrected chi connectivity index (χ2v) is 6.83. The summed E-state index contributed by atoms with van der Waals surface area (Å²) in [5, 5.41) is 13.4. The Morgan fingerprint density at radius 3 is 2.70 bits per heavy atom. The van der Waals surface area contributed by atoms with Crippen molar-refractivity contribution < 1.29 is 9.52 Å². The Kier molecular flexibility index (Phi) is 4.83. The summed E-state index contributed by atoms with van der Waals surface area (Å²) in [5.41, 5.74) is 3.52. The van der Waals surface area contributed by atoms with Crippen LogP contribution in [0.25, 0.3) is 22.5 Å². The Morgan fingerprint density at radius 2 is 1.93 bits per heavy atom. The number of oxazole rings is 1. The predicted octanol–water partition coefficient (Wildman–Crippen LogP) is 4.19. The molecule has 0 fully saturated rings. The van der Waals surface area contributed by atoms with Crippen molar-refractivity contribution in [1.82, 2.24) is 14.5 Å². The van der Waals surface area contributed by atoms with E-state index in [9.17, 15) is 5.11 Å². The molecule has 0 bridgehead atoms. The minimum Gasteiger partial charge on any atom is -0.444 e. The molecule has 1 unspecified atom stereocenters. The lowest BCUT2D eigenvalue weighted by Crippen LogP contribution is -2.18. The van der Waals surface area contributed by atoms with Gasteiger partial charge in [-0.15, -0.1) is 0 Å². The molecule has 4 aromatic rings. The Labute approximate surface area is 161 Å². The summed E-state index contributed by atoms with van der Waals surface area (Å²) in [4.78, 5) is 9.22. The second-order valence-electron chi connectivity index (χ2n) is 6.39. The highest BCUT2D eigenvalue weighted by molar-refractivity contribution is 6.30. The molecule has 2 heterocycles. The molecule has 0 aliphatic heterocycles. The summed E-state index contributed by atoms with van der Waals surface area (Å²) < 4.78 is 7.67. The zero-order valence-electron chi connectivity index (χ0n) is 14.8. The average Bonchev–Trinajstić information content (AvgIpc) is 3.26. The van der Waals surface area contributed by atoms with Crippen molar-refractivity contribution in [2.24, 2.45) is 0 Å². The Balaban J connectivity index is 1.64. The number of anilines is 1. The summed E-state index contributed by atoms with van der Waals surface area (Å²) in [6.45, 7) is 2.65. The number of imidazole rings is 1. The number of hydrogen-bond donors (Lipinski definition) is 2. The summed E-state index contributed by atoms with van der Waals surface area (Å²) in [6.07, 6.45) is 1.18. The fourth-order valence-electron chi connectivity index (χ4n) is 2.88. The van der Waals surface area contributed by atoms with Crippen LogP contribution in [0, 0.1) is 0 Å². The topological polar surface area (TPSA) is 76.1 Å². The number of para-hydroxylation sites is 2. The molecule has 7 heteroatoms. The van der Waals surface area contributed by atoms with Crippen molar-refractivity contribution in [2.75, 3.05) is 11.9 Å². The third-order valence-electron chi connectivity index (χ3n) is 4.17. The first kappa shape index (κ1) is 17.6. The van der Waals surface area contributed by atoms with Gasteiger partial charge in [-0.05, 0) is 43.3 Å². The molecule has 4 rings (SSSR count). The maximum absolute atomic E-state index is 9.58. The van der Waals surface area contributed by atoms with E-state index in [1.54, 1.807) is 13.2 Å². The highest BCUT2D eigenvalue weighted by Gasteiger charge is 2.14. The zero-order chi connectivity index (χ0) is 18.8. The van der Waals surface area contributed by atoms with Crippen LogP contribution in [0.15, 0.2) is 59.2 Å². The Bertz CT molecular complexity index is 1050.